The van der Waals surface area contributed by atoms with Crippen LogP contribution in [-0.4, -0.2) is 57.7 Å². The average molecular weight is 311 g/mol. The zero-order valence-corrected chi connectivity index (χ0v) is 13.4. The first-order valence-electron chi connectivity index (χ1n) is 6.26. The van der Waals surface area contributed by atoms with Crippen molar-refractivity contribution in [1.82, 2.24) is 4.90 Å². The number of carbonyl (C=O) groups is 1. The number of rotatable bonds is 9. The molecule has 0 bridgehead atoms. The van der Waals surface area contributed by atoms with E-state index in [1.165, 1.54) is 6.92 Å². The van der Waals surface area contributed by atoms with Gasteiger partial charge in [0.2, 0.25) is 0 Å². The van der Waals surface area contributed by atoms with Crippen molar-refractivity contribution in [2.75, 3.05) is 33.4 Å². The van der Waals surface area contributed by atoms with Crippen LogP contribution in [0.2, 0.25) is 0 Å². The second-order valence-electron chi connectivity index (χ2n) is 3.86. The van der Waals surface area contributed by atoms with E-state index in [1.807, 2.05) is 0 Å². The van der Waals surface area contributed by atoms with Crippen molar-refractivity contribution >= 4 is 16.4 Å². The highest BCUT2D eigenvalue weighted by Gasteiger charge is 2.08. The summed E-state index contributed by atoms with van der Waals surface area (Å²) in [4.78, 5) is 11.8. The molecule has 0 fully saturated rings. The second kappa shape index (κ2) is 11.8. The van der Waals surface area contributed by atoms with E-state index in [4.69, 9.17) is 5.11 Å². The first kappa shape index (κ1) is 21.3. The van der Waals surface area contributed by atoms with E-state index in [1.54, 1.807) is 0 Å². The lowest BCUT2D eigenvalue weighted by atomic mass is 10.4. The number of carboxylic acids is 1. The molecule has 1 N–H and O–H groups in total. The third kappa shape index (κ3) is 13.5. The molecule has 0 heterocycles. The predicted octanol–water partition coefficient (Wildman–Crippen LogP) is 1.27. The quantitative estimate of drug-likeness (QED) is 0.506. The topological polar surface area (TPSA) is 93.1 Å². The van der Waals surface area contributed by atoms with Gasteiger partial charge < -0.3 is 10.0 Å². The summed E-state index contributed by atoms with van der Waals surface area (Å²) in [5.74, 6) is -0.935. The molecule has 0 amide bonds. The van der Waals surface area contributed by atoms with Gasteiger partial charge in [-0.2, -0.15) is 8.42 Å². The van der Waals surface area contributed by atoms with E-state index in [9.17, 15) is 13.2 Å². The van der Waals surface area contributed by atoms with Crippen LogP contribution in [0.15, 0.2) is 12.2 Å². The molecule has 0 rings (SSSR count). The number of carboxylic acid groups (broad SMARTS) is 1. The molecule has 0 aromatic rings. The van der Waals surface area contributed by atoms with Crippen molar-refractivity contribution in [3.63, 3.8) is 0 Å². The van der Waals surface area contributed by atoms with Crippen LogP contribution in [0.3, 0.4) is 0 Å². The maximum absolute atomic E-state index is 10.7. The number of hydrogen-bond donors (Lipinski definition) is 1. The maximum Gasteiger partial charge on any atom is 0.399 e. The van der Waals surface area contributed by atoms with Crippen LogP contribution in [0.5, 0.6) is 0 Å². The Morgan fingerprint density at radius 1 is 1.30 bits per heavy atom. The Kier molecular flexibility index (Phi) is 12.6. The molecule has 0 radical (unpaired) electrons. The minimum atomic E-state index is -3.75. The van der Waals surface area contributed by atoms with Crippen LogP contribution in [0, 0.1) is 0 Å². The highest BCUT2D eigenvalue weighted by atomic mass is 32.3. The third-order valence-corrected chi connectivity index (χ3v) is 3.17. The second-order valence-corrected chi connectivity index (χ2v) is 5.25. The molecule has 0 saturated carbocycles. The lowest BCUT2D eigenvalue weighted by molar-refractivity contribution is -0.132. The first-order chi connectivity index (χ1) is 9.20. The van der Waals surface area contributed by atoms with Gasteiger partial charge in [0.15, 0.2) is 0 Å². The van der Waals surface area contributed by atoms with E-state index in [0.29, 0.717) is 6.42 Å². The summed E-state index contributed by atoms with van der Waals surface area (Å²) in [5.41, 5.74) is 0.176. The zero-order valence-electron chi connectivity index (χ0n) is 12.6. The summed E-state index contributed by atoms with van der Waals surface area (Å²) < 4.78 is 30.1. The molecule has 0 aromatic heterocycles. The van der Waals surface area contributed by atoms with Crippen LogP contribution < -0.4 is 0 Å². The maximum atomic E-state index is 10.7. The van der Waals surface area contributed by atoms with E-state index in [-0.39, 0.29) is 12.2 Å². The van der Waals surface area contributed by atoms with Crippen molar-refractivity contribution in [3.05, 3.63) is 12.2 Å². The lowest BCUT2D eigenvalue weighted by Crippen LogP contribution is -2.25. The molecule has 8 heteroatoms. The Balaban J connectivity index is 0. The lowest BCUT2D eigenvalue weighted by Gasteiger charge is -2.17. The average Bonchev–Trinajstić information content (AvgIpc) is 2.39. The van der Waals surface area contributed by atoms with E-state index >= 15 is 0 Å². The van der Waals surface area contributed by atoms with Gasteiger partial charge in [-0.1, -0.05) is 20.4 Å². The Morgan fingerprint density at radius 3 is 2.05 bits per heavy atom. The van der Waals surface area contributed by atoms with Crippen LogP contribution >= 0.6 is 0 Å². The van der Waals surface area contributed by atoms with Crippen molar-refractivity contribution in [3.8, 4) is 0 Å². The fraction of sp³-hybridized carbons (Fsp3) is 0.750. The van der Waals surface area contributed by atoms with Gasteiger partial charge in [-0.3, -0.25) is 4.18 Å². The Bertz CT molecular complexity index is 363. The SMILES string of the molecule is C=C(C)C(=O)O.CCN(CC)CCCOS(=O)(=O)OC. The van der Waals surface area contributed by atoms with Crippen molar-refractivity contribution in [2.24, 2.45) is 0 Å². The summed E-state index contributed by atoms with van der Waals surface area (Å²) in [6.07, 6.45) is 0.685. The molecule has 0 aliphatic carbocycles. The number of aliphatic carboxylic acids is 1. The normalized spacial score (nSPS) is 10.8. The van der Waals surface area contributed by atoms with Gasteiger partial charge in [-0.05, 0) is 26.4 Å². The molecule has 0 unspecified atom stereocenters. The van der Waals surface area contributed by atoms with Crippen molar-refractivity contribution < 1.29 is 26.7 Å². The fourth-order valence-electron chi connectivity index (χ4n) is 1.04. The van der Waals surface area contributed by atoms with E-state index in [0.717, 1.165) is 26.7 Å². The summed E-state index contributed by atoms with van der Waals surface area (Å²) in [5, 5.41) is 7.89. The van der Waals surface area contributed by atoms with Gasteiger partial charge in [0.25, 0.3) is 0 Å². The van der Waals surface area contributed by atoms with Crippen LogP contribution in [0.1, 0.15) is 27.2 Å². The molecular weight excluding hydrogens is 286 g/mol. The Hall–Kier alpha value is -0.960. The van der Waals surface area contributed by atoms with Gasteiger partial charge in [-0.25, -0.2) is 8.98 Å². The van der Waals surface area contributed by atoms with Gasteiger partial charge in [0, 0.05) is 12.1 Å². The molecule has 120 valence electrons. The van der Waals surface area contributed by atoms with Crippen molar-refractivity contribution in [1.29, 1.82) is 0 Å². The van der Waals surface area contributed by atoms with Crippen LogP contribution in [-0.2, 0) is 23.6 Å². The molecule has 0 spiro atoms. The monoisotopic (exact) mass is 311 g/mol. The standard InChI is InChI=1S/C8H19NO4S.C4H6O2/c1-4-9(5-2)7-6-8-13-14(10,11)12-3;1-3(2)4(5)6/h4-8H2,1-3H3;1H2,2H3,(H,5,6). The molecule has 0 aromatic carbocycles. The minimum absolute atomic E-state index is 0.173. The van der Waals surface area contributed by atoms with Gasteiger partial charge in [0.05, 0.1) is 13.7 Å². The summed E-state index contributed by atoms with van der Waals surface area (Å²) in [7, 11) is -2.67. The summed E-state index contributed by atoms with van der Waals surface area (Å²) in [6, 6.07) is 0. The van der Waals surface area contributed by atoms with Crippen molar-refractivity contribution in [2.45, 2.75) is 27.2 Å². The van der Waals surface area contributed by atoms with E-state index < -0.39 is 16.4 Å². The van der Waals surface area contributed by atoms with E-state index in [2.05, 4.69) is 33.7 Å². The summed E-state index contributed by atoms with van der Waals surface area (Å²) >= 11 is 0. The van der Waals surface area contributed by atoms with Crippen LogP contribution in [0.4, 0.5) is 0 Å². The molecule has 0 aliphatic heterocycles. The molecule has 0 saturated heterocycles. The van der Waals surface area contributed by atoms with Gasteiger partial charge >= 0.3 is 16.4 Å². The third-order valence-electron chi connectivity index (χ3n) is 2.31. The smallest absolute Gasteiger partial charge is 0.399 e. The molecular formula is C12H25NO6S. The number of hydrogen-bond acceptors (Lipinski definition) is 6. The molecule has 0 aliphatic rings. The number of nitrogens with zero attached hydrogens (tertiary/aromatic N) is 1. The highest BCUT2D eigenvalue weighted by molar-refractivity contribution is 7.81. The Morgan fingerprint density at radius 2 is 1.75 bits per heavy atom. The Labute approximate surface area is 121 Å². The molecule has 20 heavy (non-hydrogen) atoms. The van der Waals surface area contributed by atoms with Gasteiger partial charge in [0.1, 0.15) is 0 Å². The molecule has 7 nitrogen and oxygen atoms in total. The molecule has 0 atom stereocenters. The van der Waals surface area contributed by atoms with Gasteiger partial charge in [-0.15, -0.1) is 0 Å². The van der Waals surface area contributed by atoms with Crippen LogP contribution in [0.25, 0.3) is 0 Å². The minimum Gasteiger partial charge on any atom is -0.478 e. The highest BCUT2D eigenvalue weighted by Crippen LogP contribution is 1.96. The predicted molar refractivity (Wildman–Crippen MR) is 76.7 cm³/mol. The largest absolute Gasteiger partial charge is 0.478 e. The summed E-state index contributed by atoms with van der Waals surface area (Å²) in [6.45, 7) is 11.7. The first-order valence-corrected chi connectivity index (χ1v) is 7.59. The zero-order chi connectivity index (χ0) is 16.2. The fourth-order valence-corrected chi connectivity index (χ4v) is 1.46.